The van der Waals surface area contributed by atoms with Crippen LogP contribution in [0.2, 0.25) is 0 Å². The van der Waals surface area contributed by atoms with Gasteiger partial charge in [0, 0.05) is 38.2 Å². The molecule has 0 aromatic heterocycles. The molecule has 2 aliphatic carbocycles. The SMILES string of the molecule is [2H]C([2H])([2H])c1cc2c3c(c1)N(c1cc4c(cc1C)C(C)(C)CC4(C)C)c1cc4c(cc1B3c1ccc(-c3ccccc3)cc1N2c1cc(C(C)(C)C)ccc1C)C(C)(C)CCC4(C)C. The molecule has 0 atom stereocenters. The molecule has 6 aromatic rings. The molecule has 0 unspecified atom stereocenters. The minimum Gasteiger partial charge on any atom is -0.311 e. The number of hydrogen-bond donors (Lipinski definition) is 0. The predicted molar refractivity (Wildman–Crippen MR) is 265 cm³/mol. The molecular formula is C58H65BN2. The molecule has 2 aliphatic heterocycles. The zero-order chi connectivity index (χ0) is 45.8. The van der Waals surface area contributed by atoms with Crippen molar-refractivity contribution in [3.63, 3.8) is 0 Å². The van der Waals surface area contributed by atoms with Gasteiger partial charge in [-0.2, -0.15) is 0 Å². The number of fused-ring (bicyclic) bond motifs is 6. The highest BCUT2D eigenvalue weighted by atomic mass is 15.2. The van der Waals surface area contributed by atoms with E-state index in [1.54, 1.807) is 0 Å². The van der Waals surface area contributed by atoms with Crippen LogP contribution in [-0.4, -0.2) is 6.71 Å². The van der Waals surface area contributed by atoms with Crippen molar-refractivity contribution in [3.05, 3.63) is 148 Å². The monoisotopic (exact) mass is 804 g/mol. The molecule has 2 nitrogen and oxygen atoms in total. The van der Waals surface area contributed by atoms with Crippen LogP contribution in [-0.2, 0) is 27.1 Å². The summed E-state index contributed by atoms with van der Waals surface area (Å²) >= 11 is 0. The van der Waals surface area contributed by atoms with Crippen molar-refractivity contribution in [2.75, 3.05) is 9.80 Å². The van der Waals surface area contributed by atoms with Crippen molar-refractivity contribution in [1.29, 1.82) is 0 Å². The van der Waals surface area contributed by atoms with Gasteiger partial charge in [-0.05, 0) is 175 Å². The maximum atomic E-state index is 9.12. The van der Waals surface area contributed by atoms with Gasteiger partial charge >= 0.3 is 0 Å². The van der Waals surface area contributed by atoms with Crippen LogP contribution in [0.1, 0.15) is 144 Å². The second kappa shape index (κ2) is 13.0. The van der Waals surface area contributed by atoms with Gasteiger partial charge in [0.05, 0.1) is 0 Å². The Morgan fingerprint density at radius 1 is 0.508 bits per heavy atom. The Labute approximate surface area is 371 Å². The first kappa shape index (κ1) is 36.6. The average molecular weight is 804 g/mol. The van der Waals surface area contributed by atoms with Crippen LogP contribution in [0.15, 0.2) is 103 Å². The standard InChI is InChI=1S/C58H65BN2/c1-35-26-51-53-52(27-35)61(48-32-44-41(28-37(48)3)57(11,12)34-58(44,13)14)50-33-43-42(55(7,8)24-25-56(43,9)10)31-46(50)59(53)45-23-21-39(38-18-16-15-17-19-38)29-49(45)60(51)47-30-40(54(4,5)6)22-20-36(47)2/h15-23,26-33H,24-25,34H2,1-14H3/i1D3. The van der Waals surface area contributed by atoms with Gasteiger partial charge in [0.15, 0.2) is 0 Å². The van der Waals surface area contributed by atoms with Gasteiger partial charge in [-0.3, -0.25) is 0 Å². The summed E-state index contributed by atoms with van der Waals surface area (Å²) in [6, 6.07) is 38.6. The van der Waals surface area contributed by atoms with Gasteiger partial charge in [-0.25, -0.2) is 0 Å². The molecule has 0 amide bonds. The summed E-state index contributed by atoms with van der Waals surface area (Å²) < 4.78 is 27.4. The molecule has 310 valence electrons. The first-order chi connectivity index (χ1) is 29.8. The van der Waals surface area contributed by atoms with Crippen LogP contribution in [0.4, 0.5) is 34.1 Å². The number of nitrogens with zero attached hydrogens (tertiary/aromatic N) is 2. The fourth-order valence-corrected chi connectivity index (χ4v) is 12.1. The normalized spacial score (nSPS) is 19.5. The molecule has 0 fully saturated rings. The van der Waals surface area contributed by atoms with E-state index in [0.29, 0.717) is 5.56 Å². The Kier molecular flexibility index (Phi) is 7.81. The summed E-state index contributed by atoms with van der Waals surface area (Å²) in [5.74, 6) is 0. The summed E-state index contributed by atoms with van der Waals surface area (Å²) in [6.07, 6.45) is 3.29. The second-order valence-corrected chi connectivity index (χ2v) is 22.8. The van der Waals surface area contributed by atoms with E-state index in [9.17, 15) is 0 Å². The lowest BCUT2D eigenvalue weighted by molar-refractivity contribution is 0.332. The molecule has 0 radical (unpaired) electrons. The lowest BCUT2D eigenvalue weighted by Crippen LogP contribution is -2.62. The molecule has 0 bridgehead atoms. The zero-order valence-corrected chi connectivity index (χ0v) is 38.9. The van der Waals surface area contributed by atoms with E-state index in [0.717, 1.165) is 75.5 Å². The van der Waals surface area contributed by atoms with Gasteiger partial charge in [-0.1, -0.05) is 143 Å². The Hall–Kier alpha value is -5.02. The average Bonchev–Trinajstić information content (AvgIpc) is 3.39. The molecule has 0 saturated carbocycles. The van der Waals surface area contributed by atoms with Crippen molar-refractivity contribution in [3.8, 4) is 11.1 Å². The largest absolute Gasteiger partial charge is 0.311 e. The molecule has 0 spiro atoms. The smallest absolute Gasteiger partial charge is 0.252 e. The summed E-state index contributed by atoms with van der Waals surface area (Å²) in [5.41, 5.74) is 21.8. The quantitative estimate of drug-likeness (QED) is 0.164. The highest BCUT2D eigenvalue weighted by Crippen LogP contribution is 2.55. The Morgan fingerprint density at radius 3 is 1.69 bits per heavy atom. The van der Waals surface area contributed by atoms with Crippen molar-refractivity contribution >= 4 is 57.2 Å². The van der Waals surface area contributed by atoms with Gasteiger partial charge in [0.25, 0.3) is 6.71 Å². The van der Waals surface area contributed by atoms with E-state index in [-0.39, 0.29) is 33.8 Å². The van der Waals surface area contributed by atoms with Crippen molar-refractivity contribution < 1.29 is 4.11 Å². The summed E-state index contributed by atoms with van der Waals surface area (Å²) in [4.78, 5) is 4.92. The highest BCUT2D eigenvalue weighted by Gasteiger charge is 2.48. The molecule has 0 N–H and O–H groups in total. The summed E-state index contributed by atoms with van der Waals surface area (Å²) in [6.45, 7) is 28.0. The topological polar surface area (TPSA) is 6.48 Å². The lowest BCUT2D eigenvalue weighted by atomic mass is 9.33. The molecule has 2 heterocycles. The van der Waals surface area contributed by atoms with Crippen LogP contribution >= 0.6 is 0 Å². The predicted octanol–water partition coefficient (Wildman–Crippen LogP) is 14.0. The number of anilines is 6. The maximum absolute atomic E-state index is 9.12. The van der Waals surface area contributed by atoms with E-state index in [1.165, 1.54) is 44.3 Å². The van der Waals surface area contributed by atoms with Gasteiger partial charge in [0.1, 0.15) is 0 Å². The lowest BCUT2D eigenvalue weighted by Gasteiger charge is -2.48. The molecule has 61 heavy (non-hydrogen) atoms. The van der Waals surface area contributed by atoms with Crippen LogP contribution in [0.3, 0.4) is 0 Å². The number of benzene rings is 6. The molecular weight excluding hydrogens is 735 g/mol. The van der Waals surface area contributed by atoms with Crippen LogP contribution < -0.4 is 26.2 Å². The Balaban J connectivity index is 1.38. The van der Waals surface area contributed by atoms with E-state index in [1.807, 2.05) is 12.1 Å². The first-order valence-electron chi connectivity index (χ1n) is 24.2. The molecule has 0 saturated heterocycles. The third-order valence-corrected chi connectivity index (χ3v) is 15.4. The minimum atomic E-state index is -2.35. The second-order valence-electron chi connectivity index (χ2n) is 22.8. The van der Waals surface area contributed by atoms with E-state index in [2.05, 4.69) is 191 Å². The Morgan fingerprint density at radius 2 is 1.07 bits per heavy atom. The van der Waals surface area contributed by atoms with Gasteiger partial charge in [0.2, 0.25) is 0 Å². The third-order valence-electron chi connectivity index (χ3n) is 15.4. The molecule has 10 rings (SSSR count). The van der Waals surface area contributed by atoms with Crippen LogP contribution in [0, 0.1) is 20.7 Å². The number of aryl methyl sites for hydroxylation is 3. The molecule has 6 aromatic carbocycles. The van der Waals surface area contributed by atoms with Crippen molar-refractivity contribution in [1.82, 2.24) is 0 Å². The van der Waals surface area contributed by atoms with E-state index >= 15 is 0 Å². The van der Waals surface area contributed by atoms with E-state index < -0.39 is 6.85 Å². The fraction of sp³-hybridized carbons (Fsp3) is 0.379. The number of rotatable bonds is 3. The fourth-order valence-electron chi connectivity index (χ4n) is 12.1. The summed E-state index contributed by atoms with van der Waals surface area (Å²) in [5, 5.41) is 0. The third kappa shape index (κ3) is 6.03. The first-order valence-corrected chi connectivity index (χ1v) is 22.7. The van der Waals surface area contributed by atoms with Gasteiger partial charge < -0.3 is 9.80 Å². The maximum Gasteiger partial charge on any atom is 0.252 e. The Bertz CT molecular complexity index is 2930. The molecule has 3 heteroatoms. The summed E-state index contributed by atoms with van der Waals surface area (Å²) in [7, 11) is 0. The van der Waals surface area contributed by atoms with Crippen LogP contribution in [0.25, 0.3) is 11.1 Å². The highest BCUT2D eigenvalue weighted by molar-refractivity contribution is 7.00. The zero-order valence-electron chi connectivity index (χ0n) is 41.9. The van der Waals surface area contributed by atoms with Crippen LogP contribution in [0.5, 0.6) is 0 Å². The number of hydrogen-bond acceptors (Lipinski definition) is 2. The van der Waals surface area contributed by atoms with E-state index in [4.69, 9.17) is 4.11 Å². The van der Waals surface area contributed by atoms with Crippen molar-refractivity contribution in [2.24, 2.45) is 0 Å². The van der Waals surface area contributed by atoms with Gasteiger partial charge in [-0.15, -0.1) is 0 Å². The van der Waals surface area contributed by atoms with Crippen molar-refractivity contribution in [2.45, 2.75) is 143 Å². The molecule has 4 aliphatic rings. The minimum absolute atomic E-state index is 0.0107.